The van der Waals surface area contributed by atoms with Crippen LogP contribution in [-0.2, 0) is 11.3 Å². The zero-order valence-corrected chi connectivity index (χ0v) is 10.9. The minimum Gasteiger partial charge on any atom is -0.480 e. The van der Waals surface area contributed by atoms with E-state index < -0.39 is 58.9 Å². The monoisotopic (exact) mass is 335 g/mol. The van der Waals surface area contributed by atoms with Crippen LogP contribution in [0.5, 0.6) is 0 Å². The van der Waals surface area contributed by atoms with Gasteiger partial charge in [0.15, 0.2) is 29.0 Å². The van der Waals surface area contributed by atoms with Gasteiger partial charge >= 0.3 is 5.97 Å². The molecule has 0 aliphatic carbocycles. The largest absolute Gasteiger partial charge is 0.480 e. The molecule has 2 N–H and O–H groups in total. The highest BCUT2D eigenvalue weighted by Gasteiger charge is 2.27. The summed E-state index contributed by atoms with van der Waals surface area (Å²) in [6, 6.07) is 1.00. The van der Waals surface area contributed by atoms with Crippen LogP contribution in [0.3, 0.4) is 0 Å². The summed E-state index contributed by atoms with van der Waals surface area (Å²) < 4.78 is 66.5. The van der Waals surface area contributed by atoms with Crippen LogP contribution in [0.2, 0.25) is 0 Å². The van der Waals surface area contributed by atoms with Gasteiger partial charge in [-0.15, -0.1) is 0 Å². The van der Waals surface area contributed by atoms with Crippen LogP contribution in [-0.4, -0.2) is 26.8 Å². The molecule has 0 spiro atoms. The average molecular weight is 335 g/mol. The number of amides is 1. The fraction of sp³-hybridized carbons (Fsp3) is 0.0833. The smallest absolute Gasteiger partial charge is 0.325 e. The van der Waals surface area contributed by atoms with Gasteiger partial charge in [-0.25, -0.2) is 22.0 Å². The summed E-state index contributed by atoms with van der Waals surface area (Å²) >= 11 is 0. The predicted molar refractivity (Wildman–Crippen MR) is 64.0 cm³/mol. The van der Waals surface area contributed by atoms with E-state index in [4.69, 9.17) is 5.11 Å². The third-order valence-electron chi connectivity index (χ3n) is 2.62. The number of nitrogens with zero attached hydrogens (tertiary/aromatic N) is 2. The van der Waals surface area contributed by atoms with E-state index in [9.17, 15) is 31.5 Å². The summed E-state index contributed by atoms with van der Waals surface area (Å²) in [5.41, 5.74) is -2.01. The van der Waals surface area contributed by atoms with Crippen LogP contribution in [0.15, 0.2) is 12.3 Å². The summed E-state index contributed by atoms with van der Waals surface area (Å²) in [5, 5.41) is 13.5. The number of aromatic nitrogens is 2. The standard InChI is InChI=1S/C12H6F5N3O3/c13-6-7(14)9(16)11(10(17)8(6)15)18-12(23)4-1-2-20(19-4)3-5(21)22/h1-2H,3H2,(H,18,23)(H,21,22). The van der Waals surface area contributed by atoms with Crippen molar-refractivity contribution >= 4 is 17.6 Å². The molecule has 0 bridgehead atoms. The maximum absolute atomic E-state index is 13.4. The van der Waals surface area contributed by atoms with Gasteiger partial charge in [0.1, 0.15) is 12.2 Å². The lowest BCUT2D eigenvalue weighted by Gasteiger charge is -2.08. The Morgan fingerprint density at radius 3 is 2.09 bits per heavy atom. The molecule has 2 aromatic rings. The molecule has 2 rings (SSSR count). The minimum absolute atomic E-state index is 0.477. The fourth-order valence-corrected chi connectivity index (χ4v) is 1.60. The number of hydrogen-bond donors (Lipinski definition) is 2. The van der Waals surface area contributed by atoms with E-state index in [0.717, 1.165) is 16.9 Å². The van der Waals surface area contributed by atoms with Crippen molar-refractivity contribution in [1.82, 2.24) is 9.78 Å². The third-order valence-corrected chi connectivity index (χ3v) is 2.62. The van der Waals surface area contributed by atoms with E-state index in [1.54, 1.807) is 0 Å². The third kappa shape index (κ3) is 3.12. The quantitative estimate of drug-likeness (QED) is 0.508. The normalized spacial score (nSPS) is 10.7. The maximum atomic E-state index is 13.4. The van der Waals surface area contributed by atoms with Crippen molar-refractivity contribution in [2.45, 2.75) is 6.54 Å². The van der Waals surface area contributed by atoms with E-state index in [1.807, 2.05) is 0 Å². The Morgan fingerprint density at radius 1 is 1.04 bits per heavy atom. The van der Waals surface area contributed by atoms with Gasteiger partial charge in [-0.1, -0.05) is 0 Å². The number of carbonyl (C=O) groups is 2. The molecule has 0 fully saturated rings. The molecule has 0 saturated heterocycles. The van der Waals surface area contributed by atoms with E-state index in [2.05, 4.69) is 5.10 Å². The Kier molecular flexibility index (Phi) is 4.29. The van der Waals surface area contributed by atoms with Gasteiger partial charge < -0.3 is 10.4 Å². The summed E-state index contributed by atoms with van der Waals surface area (Å²) in [7, 11) is 0. The zero-order chi connectivity index (χ0) is 17.3. The Hall–Kier alpha value is -2.98. The molecule has 23 heavy (non-hydrogen) atoms. The highest BCUT2D eigenvalue weighted by molar-refractivity contribution is 6.03. The molecular formula is C12H6F5N3O3. The first-order valence-corrected chi connectivity index (χ1v) is 5.80. The van der Waals surface area contributed by atoms with E-state index in [1.165, 1.54) is 5.32 Å². The SMILES string of the molecule is O=C(O)Cn1ccc(C(=O)Nc2c(F)c(F)c(F)c(F)c2F)n1. The molecule has 11 heteroatoms. The van der Waals surface area contributed by atoms with Crippen LogP contribution in [0.25, 0.3) is 0 Å². The lowest BCUT2D eigenvalue weighted by Crippen LogP contribution is -2.18. The van der Waals surface area contributed by atoms with Crippen molar-refractivity contribution < 1.29 is 36.6 Å². The zero-order valence-electron chi connectivity index (χ0n) is 10.9. The highest BCUT2D eigenvalue weighted by atomic mass is 19.2. The summed E-state index contributed by atoms with van der Waals surface area (Å²) in [6.45, 7) is -0.587. The molecule has 1 heterocycles. The molecular weight excluding hydrogens is 329 g/mol. The van der Waals surface area contributed by atoms with Crippen molar-refractivity contribution in [2.75, 3.05) is 5.32 Å². The number of hydrogen-bond acceptors (Lipinski definition) is 3. The number of halogens is 5. The van der Waals surface area contributed by atoms with Crippen LogP contribution < -0.4 is 5.32 Å². The number of anilines is 1. The molecule has 6 nitrogen and oxygen atoms in total. The number of aliphatic carboxylic acids is 1. The van der Waals surface area contributed by atoms with Gasteiger partial charge in [-0.2, -0.15) is 5.10 Å². The molecule has 0 saturated carbocycles. The number of carboxylic acids is 1. The number of carbonyl (C=O) groups excluding carboxylic acids is 1. The second kappa shape index (κ2) is 6.02. The summed E-state index contributed by atoms with van der Waals surface area (Å²) in [6.07, 6.45) is 1.08. The first kappa shape index (κ1) is 16.4. The molecule has 0 aliphatic rings. The molecule has 0 aliphatic heterocycles. The minimum atomic E-state index is -2.36. The lowest BCUT2D eigenvalue weighted by atomic mass is 10.2. The van der Waals surface area contributed by atoms with Gasteiger partial charge in [0, 0.05) is 6.20 Å². The summed E-state index contributed by atoms with van der Waals surface area (Å²) in [4.78, 5) is 22.2. The van der Waals surface area contributed by atoms with Crippen LogP contribution in [0.1, 0.15) is 10.5 Å². The maximum Gasteiger partial charge on any atom is 0.325 e. The van der Waals surface area contributed by atoms with Gasteiger partial charge in [-0.3, -0.25) is 14.3 Å². The van der Waals surface area contributed by atoms with Crippen molar-refractivity contribution in [1.29, 1.82) is 0 Å². The average Bonchev–Trinajstić information content (AvgIpc) is 2.95. The van der Waals surface area contributed by atoms with E-state index >= 15 is 0 Å². The molecule has 1 amide bonds. The molecule has 1 aromatic carbocycles. The number of rotatable bonds is 4. The van der Waals surface area contributed by atoms with Gasteiger partial charge in [0.2, 0.25) is 5.82 Å². The van der Waals surface area contributed by atoms with Gasteiger partial charge in [0.05, 0.1) is 0 Å². The van der Waals surface area contributed by atoms with Crippen LogP contribution >= 0.6 is 0 Å². The number of carboxylic acid groups (broad SMARTS) is 1. The Bertz CT molecular complexity index is 776. The Morgan fingerprint density at radius 2 is 1.57 bits per heavy atom. The van der Waals surface area contributed by atoms with Crippen molar-refractivity contribution in [3.63, 3.8) is 0 Å². The Labute approximate surface area is 124 Å². The predicted octanol–water partition coefficient (Wildman–Crippen LogP) is 1.92. The molecule has 0 unspecified atom stereocenters. The van der Waals surface area contributed by atoms with E-state index in [0.29, 0.717) is 0 Å². The lowest BCUT2D eigenvalue weighted by molar-refractivity contribution is -0.137. The van der Waals surface area contributed by atoms with Gasteiger partial charge in [-0.05, 0) is 6.07 Å². The second-order valence-corrected chi connectivity index (χ2v) is 4.19. The van der Waals surface area contributed by atoms with Crippen molar-refractivity contribution in [3.05, 3.63) is 47.0 Å². The van der Waals surface area contributed by atoms with Crippen molar-refractivity contribution in [2.24, 2.45) is 0 Å². The first-order chi connectivity index (χ1) is 10.7. The molecule has 1 aromatic heterocycles. The first-order valence-electron chi connectivity index (χ1n) is 5.80. The van der Waals surface area contributed by atoms with Crippen LogP contribution in [0, 0.1) is 29.1 Å². The molecule has 0 radical (unpaired) electrons. The molecule has 0 atom stereocenters. The summed E-state index contributed by atoms with van der Waals surface area (Å²) in [5.74, 6) is -13.7. The van der Waals surface area contributed by atoms with Crippen LogP contribution in [0.4, 0.5) is 27.6 Å². The van der Waals surface area contributed by atoms with Crippen molar-refractivity contribution in [3.8, 4) is 0 Å². The second-order valence-electron chi connectivity index (χ2n) is 4.19. The highest BCUT2D eigenvalue weighted by Crippen LogP contribution is 2.27. The Balaban J connectivity index is 2.31. The molecule has 122 valence electrons. The fourth-order valence-electron chi connectivity index (χ4n) is 1.60. The number of benzene rings is 1. The topological polar surface area (TPSA) is 84.2 Å². The van der Waals surface area contributed by atoms with E-state index in [-0.39, 0.29) is 0 Å². The number of nitrogens with one attached hydrogen (secondary N) is 1. The van der Waals surface area contributed by atoms with Gasteiger partial charge in [0.25, 0.3) is 5.91 Å².